The van der Waals surface area contributed by atoms with Crippen molar-refractivity contribution in [3.8, 4) is 0 Å². The summed E-state index contributed by atoms with van der Waals surface area (Å²) in [6.07, 6.45) is 1.96. The van der Waals surface area contributed by atoms with Crippen molar-refractivity contribution in [2.45, 2.75) is 31.7 Å². The zero-order valence-electron chi connectivity index (χ0n) is 9.93. The van der Waals surface area contributed by atoms with Crippen LogP contribution in [0, 0.1) is 0 Å². The zero-order valence-corrected chi connectivity index (χ0v) is 9.93. The second kappa shape index (κ2) is 7.24. The average Bonchev–Trinajstić information content (AvgIpc) is 2.29. The van der Waals surface area contributed by atoms with E-state index in [0.717, 1.165) is 12.8 Å². The number of carboxylic acids is 1. The molecule has 6 nitrogen and oxygen atoms in total. The van der Waals surface area contributed by atoms with Crippen molar-refractivity contribution in [3.63, 3.8) is 0 Å². The van der Waals surface area contributed by atoms with Crippen molar-refractivity contribution < 1.29 is 19.4 Å². The quantitative estimate of drug-likeness (QED) is 0.632. The van der Waals surface area contributed by atoms with Gasteiger partial charge in [-0.1, -0.05) is 0 Å². The summed E-state index contributed by atoms with van der Waals surface area (Å²) in [4.78, 5) is 24.2. The van der Waals surface area contributed by atoms with Gasteiger partial charge in [0, 0.05) is 13.0 Å². The summed E-state index contributed by atoms with van der Waals surface area (Å²) in [6.45, 7) is 1.86. The first-order valence-corrected chi connectivity index (χ1v) is 5.94. The first kappa shape index (κ1) is 13.9. The molecule has 98 valence electrons. The maximum atomic E-state index is 11.9. The number of hydrogen-bond acceptors (Lipinski definition) is 4. The minimum atomic E-state index is -0.903. The normalized spacial score (nSPS) is 20.3. The Morgan fingerprint density at radius 2 is 2.18 bits per heavy atom. The average molecular weight is 244 g/mol. The van der Waals surface area contributed by atoms with E-state index in [2.05, 4.69) is 0 Å². The highest BCUT2D eigenvalue weighted by molar-refractivity contribution is 5.77. The predicted molar refractivity (Wildman–Crippen MR) is 61.5 cm³/mol. The third-order valence-corrected chi connectivity index (χ3v) is 2.80. The summed E-state index contributed by atoms with van der Waals surface area (Å²) in [5, 5.41) is 8.77. The minimum Gasteiger partial charge on any atom is -0.481 e. The number of hydrogen-bond donors (Lipinski definition) is 2. The standard InChI is InChI=1S/C11H20N2O4/c12-4-2-1-3-10(14)13-5-6-17-8-9(13)7-11(15)16/h9H,1-8,12H2,(H,15,16). The maximum absolute atomic E-state index is 11.9. The third-order valence-electron chi connectivity index (χ3n) is 2.80. The summed E-state index contributed by atoms with van der Waals surface area (Å²) in [6, 6.07) is -0.327. The van der Waals surface area contributed by atoms with Crippen LogP contribution < -0.4 is 5.73 Å². The fourth-order valence-corrected chi connectivity index (χ4v) is 1.92. The van der Waals surface area contributed by atoms with Crippen molar-refractivity contribution in [1.29, 1.82) is 0 Å². The number of carbonyl (C=O) groups excluding carboxylic acids is 1. The molecule has 0 radical (unpaired) electrons. The monoisotopic (exact) mass is 244 g/mol. The molecule has 3 N–H and O–H groups in total. The maximum Gasteiger partial charge on any atom is 0.305 e. The van der Waals surface area contributed by atoms with Crippen LogP contribution in [0.2, 0.25) is 0 Å². The molecule has 0 bridgehead atoms. The van der Waals surface area contributed by atoms with E-state index >= 15 is 0 Å². The molecule has 1 unspecified atom stereocenters. The van der Waals surface area contributed by atoms with Gasteiger partial charge in [-0.25, -0.2) is 0 Å². The lowest BCUT2D eigenvalue weighted by atomic mass is 10.1. The van der Waals surface area contributed by atoms with Crippen molar-refractivity contribution in [3.05, 3.63) is 0 Å². The second-order valence-corrected chi connectivity index (χ2v) is 4.16. The van der Waals surface area contributed by atoms with Gasteiger partial charge in [-0.2, -0.15) is 0 Å². The summed E-state index contributed by atoms with van der Waals surface area (Å²) in [5.74, 6) is -0.895. The molecule has 1 amide bonds. The van der Waals surface area contributed by atoms with Crippen molar-refractivity contribution in [2.24, 2.45) is 5.73 Å². The highest BCUT2D eigenvalue weighted by Gasteiger charge is 2.28. The Labute approximate surface area is 101 Å². The van der Waals surface area contributed by atoms with Gasteiger partial charge in [-0.05, 0) is 19.4 Å². The van der Waals surface area contributed by atoms with Gasteiger partial charge in [0.05, 0.1) is 25.7 Å². The van der Waals surface area contributed by atoms with Crippen molar-refractivity contribution >= 4 is 11.9 Å². The minimum absolute atomic E-state index is 0.00741. The Bertz CT molecular complexity index is 270. The van der Waals surface area contributed by atoms with Crippen LogP contribution in [-0.4, -0.2) is 54.2 Å². The third kappa shape index (κ3) is 4.70. The molecule has 0 aromatic carbocycles. The number of carbonyl (C=O) groups is 2. The van der Waals surface area contributed by atoms with E-state index in [9.17, 15) is 9.59 Å². The van der Waals surface area contributed by atoms with Gasteiger partial charge >= 0.3 is 5.97 Å². The van der Waals surface area contributed by atoms with Crippen LogP contribution in [-0.2, 0) is 14.3 Å². The molecule has 6 heteroatoms. The second-order valence-electron chi connectivity index (χ2n) is 4.16. The van der Waals surface area contributed by atoms with E-state index in [0.29, 0.717) is 32.7 Å². The SMILES string of the molecule is NCCCCC(=O)N1CCOCC1CC(=O)O. The van der Waals surface area contributed by atoms with Gasteiger partial charge < -0.3 is 20.5 Å². The molecule has 1 rings (SSSR count). The molecule has 0 spiro atoms. The number of amides is 1. The summed E-state index contributed by atoms with van der Waals surface area (Å²) in [7, 11) is 0. The molecular weight excluding hydrogens is 224 g/mol. The number of ether oxygens (including phenoxy) is 1. The summed E-state index contributed by atoms with van der Waals surface area (Å²) < 4.78 is 5.21. The molecule has 0 aliphatic carbocycles. The fourth-order valence-electron chi connectivity index (χ4n) is 1.92. The van der Waals surface area contributed by atoms with E-state index in [4.69, 9.17) is 15.6 Å². The number of nitrogens with two attached hydrogens (primary N) is 1. The smallest absolute Gasteiger partial charge is 0.305 e. The molecule has 0 aromatic rings. The summed E-state index contributed by atoms with van der Waals surface area (Å²) in [5.41, 5.74) is 5.36. The molecule has 1 fully saturated rings. The van der Waals surface area contributed by atoms with Gasteiger partial charge in [0.2, 0.25) is 5.91 Å². The van der Waals surface area contributed by atoms with Gasteiger partial charge in [-0.3, -0.25) is 9.59 Å². The highest BCUT2D eigenvalue weighted by atomic mass is 16.5. The molecule has 1 aliphatic heterocycles. The fraction of sp³-hybridized carbons (Fsp3) is 0.818. The first-order valence-electron chi connectivity index (χ1n) is 5.94. The van der Waals surface area contributed by atoms with E-state index in [-0.39, 0.29) is 18.4 Å². The molecule has 0 saturated carbocycles. The molecule has 1 aliphatic rings. The van der Waals surface area contributed by atoms with Gasteiger partial charge in [0.1, 0.15) is 0 Å². The Morgan fingerprint density at radius 1 is 1.41 bits per heavy atom. The lowest BCUT2D eigenvalue weighted by molar-refractivity contribution is -0.146. The van der Waals surface area contributed by atoms with Gasteiger partial charge in [0.25, 0.3) is 0 Å². The molecular formula is C11H20N2O4. The van der Waals surface area contributed by atoms with Crippen LogP contribution >= 0.6 is 0 Å². The van der Waals surface area contributed by atoms with Crippen LogP contribution in [0.3, 0.4) is 0 Å². The lowest BCUT2D eigenvalue weighted by Gasteiger charge is -2.35. The molecule has 17 heavy (non-hydrogen) atoms. The number of rotatable bonds is 6. The number of unbranched alkanes of at least 4 members (excludes halogenated alkanes) is 1. The van der Waals surface area contributed by atoms with Crippen LogP contribution in [0.4, 0.5) is 0 Å². The number of morpholine rings is 1. The number of nitrogens with zero attached hydrogens (tertiary/aromatic N) is 1. The molecule has 1 atom stereocenters. The van der Waals surface area contributed by atoms with Gasteiger partial charge in [0.15, 0.2) is 0 Å². The van der Waals surface area contributed by atoms with Crippen LogP contribution in [0.5, 0.6) is 0 Å². The largest absolute Gasteiger partial charge is 0.481 e. The van der Waals surface area contributed by atoms with E-state index in [1.54, 1.807) is 4.90 Å². The van der Waals surface area contributed by atoms with Crippen molar-refractivity contribution in [2.75, 3.05) is 26.3 Å². The first-order chi connectivity index (χ1) is 8.15. The zero-order chi connectivity index (χ0) is 12.7. The highest BCUT2D eigenvalue weighted by Crippen LogP contribution is 2.13. The topological polar surface area (TPSA) is 92.9 Å². The van der Waals surface area contributed by atoms with E-state index in [1.807, 2.05) is 0 Å². The van der Waals surface area contributed by atoms with E-state index < -0.39 is 5.97 Å². The van der Waals surface area contributed by atoms with Crippen LogP contribution in [0.1, 0.15) is 25.7 Å². The molecule has 1 heterocycles. The number of aliphatic carboxylic acids is 1. The molecule has 1 saturated heterocycles. The lowest BCUT2D eigenvalue weighted by Crippen LogP contribution is -2.49. The number of carboxylic acid groups (broad SMARTS) is 1. The Morgan fingerprint density at radius 3 is 2.82 bits per heavy atom. The van der Waals surface area contributed by atoms with Crippen molar-refractivity contribution in [1.82, 2.24) is 4.90 Å². The summed E-state index contributed by atoms with van der Waals surface area (Å²) >= 11 is 0. The Balaban J connectivity index is 2.45. The van der Waals surface area contributed by atoms with Crippen LogP contribution in [0.15, 0.2) is 0 Å². The Hall–Kier alpha value is -1.14. The Kier molecular flexibility index (Phi) is 5.93. The van der Waals surface area contributed by atoms with Crippen LogP contribution in [0.25, 0.3) is 0 Å². The predicted octanol–water partition coefficient (Wildman–Crippen LogP) is -0.182. The molecule has 0 aromatic heterocycles. The van der Waals surface area contributed by atoms with E-state index in [1.165, 1.54) is 0 Å². The van der Waals surface area contributed by atoms with Gasteiger partial charge in [-0.15, -0.1) is 0 Å².